The van der Waals surface area contributed by atoms with Crippen molar-refractivity contribution in [2.45, 2.75) is 57.5 Å². The Morgan fingerprint density at radius 1 is 0.912 bits per heavy atom. The van der Waals surface area contributed by atoms with E-state index in [2.05, 4.69) is 22.6 Å². The van der Waals surface area contributed by atoms with Crippen molar-refractivity contribution in [3.05, 3.63) is 63.7 Å². The summed E-state index contributed by atoms with van der Waals surface area (Å²) in [5.74, 6) is 1.51. The van der Waals surface area contributed by atoms with Gasteiger partial charge in [-0.15, -0.1) is 0 Å². The molecule has 4 bridgehead atoms. The molecule has 4 aliphatic carbocycles. The predicted molar refractivity (Wildman–Crippen MR) is 138 cm³/mol. The molecule has 1 unspecified atom stereocenters. The number of hydrogen-bond acceptors (Lipinski definition) is 3. The van der Waals surface area contributed by atoms with E-state index in [4.69, 9.17) is 0 Å². The van der Waals surface area contributed by atoms with Crippen LogP contribution in [-0.4, -0.2) is 28.7 Å². The molecule has 0 spiro atoms. The lowest BCUT2D eigenvalue weighted by Crippen LogP contribution is -2.57. The van der Waals surface area contributed by atoms with Gasteiger partial charge in [0.15, 0.2) is 0 Å². The third kappa shape index (κ3) is 3.78. The molecule has 3 amide bonds. The number of benzene rings is 2. The van der Waals surface area contributed by atoms with Gasteiger partial charge < -0.3 is 4.90 Å². The molecule has 5 nitrogen and oxygen atoms in total. The fourth-order valence-corrected chi connectivity index (χ4v) is 7.86. The summed E-state index contributed by atoms with van der Waals surface area (Å²) in [7, 11) is 0. The zero-order chi connectivity index (χ0) is 23.4. The molecule has 176 valence electrons. The van der Waals surface area contributed by atoms with Crippen LogP contribution in [0.15, 0.2) is 54.6 Å². The molecule has 1 aliphatic heterocycles. The first-order chi connectivity index (χ1) is 16.4. The van der Waals surface area contributed by atoms with E-state index < -0.39 is 6.04 Å². The summed E-state index contributed by atoms with van der Waals surface area (Å²) in [6, 6.07) is 16.5. The van der Waals surface area contributed by atoms with Crippen molar-refractivity contribution >= 4 is 46.0 Å². The minimum atomic E-state index is -0.743. The Morgan fingerprint density at radius 3 is 2.09 bits per heavy atom. The van der Waals surface area contributed by atoms with Crippen molar-refractivity contribution in [2.24, 2.45) is 23.2 Å². The monoisotopic (exact) mass is 568 g/mol. The van der Waals surface area contributed by atoms with E-state index in [1.54, 1.807) is 4.90 Å². The quantitative estimate of drug-likeness (QED) is 0.370. The maximum Gasteiger partial charge on any atom is 0.257 e. The van der Waals surface area contributed by atoms with E-state index in [0.717, 1.165) is 28.4 Å². The van der Waals surface area contributed by atoms with Gasteiger partial charge in [-0.1, -0.05) is 30.3 Å². The normalized spacial score (nSPS) is 31.9. The first kappa shape index (κ1) is 22.3. The van der Waals surface area contributed by atoms with Crippen LogP contribution >= 0.6 is 22.6 Å². The van der Waals surface area contributed by atoms with E-state index in [-0.39, 0.29) is 29.6 Å². The number of halogens is 1. The van der Waals surface area contributed by atoms with E-state index in [1.165, 1.54) is 24.2 Å². The van der Waals surface area contributed by atoms with Gasteiger partial charge in [0.25, 0.3) is 5.91 Å². The Balaban J connectivity index is 1.34. The molecule has 1 atom stereocenters. The Morgan fingerprint density at radius 2 is 1.50 bits per heavy atom. The summed E-state index contributed by atoms with van der Waals surface area (Å²) in [5.41, 5.74) is 1.22. The SMILES string of the molecule is O=C1CC(N(Cc2ccccc2)C(=O)C23CC4CC(CC(C4)C2)C3)C(=O)N1c1ccc(I)cc1. The number of carbonyl (C=O) groups is 3. The van der Waals surface area contributed by atoms with Crippen molar-refractivity contribution in [3.8, 4) is 0 Å². The average molecular weight is 568 g/mol. The number of anilines is 1. The molecule has 1 heterocycles. The topological polar surface area (TPSA) is 57.7 Å². The number of rotatable bonds is 5. The second-order valence-corrected chi connectivity index (χ2v) is 12.1. The van der Waals surface area contributed by atoms with Crippen LogP contribution in [0.5, 0.6) is 0 Å². The highest BCUT2D eigenvalue weighted by molar-refractivity contribution is 14.1. The number of amides is 3. The molecule has 5 fully saturated rings. The predicted octanol–water partition coefficient (Wildman–Crippen LogP) is 5.17. The van der Waals surface area contributed by atoms with E-state index in [9.17, 15) is 14.4 Å². The van der Waals surface area contributed by atoms with Gasteiger partial charge >= 0.3 is 0 Å². The molecule has 0 radical (unpaired) electrons. The van der Waals surface area contributed by atoms with Crippen LogP contribution in [0, 0.1) is 26.7 Å². The molecule has 6 heteroatoms. The van der Waals surface area contributed by atoms with Crippen LogP contribution in [0.3, 0.4) is 0 Å². The van der Waals surface area contributed by atoms with Crippen molar-refractivity contribution in [3.63, 3.8) is 0 Å². The molecule has 0 aromatic heterocycles. The van der Waals surface area contributed by atoms with Gasteiger partial charge in [-0.05, 0) is 109 Å². The van der Waals surface area contributed by atoms with Crippen molar-refractivity contribution in [1.29, 1.82) is 0 Å². The molecular weight excluding hydrogens is 539 g/mol. The lowest BCUT2D eigenvalue weighted by Gasteiger charge is -2.57. The Labute approximate surface area is 214 Å². The number of imide groups is 1. The minimum absolute atomic E-state index is 0.0513. The second-order valence-electron chi connectivity index (χ2n) is 10.9. The maximum atomic E-state index is 14.4. The van der Waals surface area contributed by atoms with Crippen molar-refractivity contribution in [2.75, 3.05) is 4.90 Å². The van der Waals surface area contributed by atoms with Crippen LogP contribution in [0.2, 0.25) is 0 Å². The highest BCUT2D eigenvalue weighted by Crippen LogP contribution is 2.60. The molecule has 7 rings (SSSR count). The van der Waals surface area contributed by atoms with Gasteiger partial charge in [-0.2, -0.15) is 0 Å². The standard InChI is InChI=1S/C28H29IN2O3/c29-22-6-8-23(9-7-22)31-25(32)13-24(26(31)33)30(17-18-4-2-1-3-5-18)27(34)28-14-19-10-20(15-28)12-21(11-19)16-28/h1-9,19-21,24H,10-17H2. The summed E-state index contributed by atoms with van der Waals surface area (Å²) in [6.45, 7) is 0.367. The molecule has 2 aromatic carbocycles. The van der Waals surface area contributed by atoms with Crippen LogP contribution in [0.25, 0.3) is 0 Å². The lowest BCUT2D eigenvalue weighted by molar-refractivity contribution is -0.162. The smallest absolute Gasteiger partial charge is 0.257 e. The summed E-state index contributed by atoms with van der Waals surface area (Å²) in [5, 5.41) is 0. The zero-order valence-corrected chi connectivity index (χ0v) is 21.3. The maximum absolute atomic E-state index is 14.4. The fourth-order valence-electron chi connectivity index (χ4n) is 7.50. The highest BCUT2D eigenvalue weighted by atomic mass is 127. The minimum Gasteiger partial charge on any atom is -0.325 e. The number of carbonyl (C=O) groups excluding carboxylic acids is 3. The molecule has 0 N–H and O–H groups in total. The molecule has 2 aromatic rings. The van der Waals surface area contributed by atoms with Gasteiger partial charge in [-0.25, -0.2) is 4.90 Å². The van der Waals surface area contributed by atoms with Gasteiger partial charge in [0, 0.05) is 10.1 Å². The van der Waals surface area contributed by atoms with Gasteiger partial charge in [-0.3, -0.25) is 14.4 Å². The zero-order valence-electron chi connectivity index (χ0n) is 19.2. The van der Waals surface area contributed by atoms with Crippen LogP contribution in [0.1, 0.15) is 50.5 Å². The third-order valence-electron chi connectivity index (χ3n) is 8.53. The molecular formula is C28H29IN2O3. The van der Waals surface area contributed by atoms with E-state index >= 15 is 0 Å². The number of nitrogens with zero attached hydrogens (tertiary/aromatic N) is 2. The molecule has 5 aliphatic rings. The van der Waals surface area contributed by atoms with E-state index in [0.29, 0.717) is 30.0 Å². The Hall–Kier alpha value is -2.22. The van der Waals surface area contributed by atoms with E-state index in [1.807, 2.05) is 54.6 Å². The summed E-state index contributed by atoms with van der Waals surface area (Å²) in [6.07, 6.45) is 6.65. The Bertz CT molecular complexity index is 1090. The summed E-state index contributed by atoms with van der Waals surface area (Å²) in [4.78, 5) is 44.2. The average Bonchev–Trinajstić information content (AvgIpc) is 3.11. The lowest BCUT2D eigenvalue weighted by atomic mass is 9.49. The third-order valence-corrected chi connectivity index (χ3v) is 9.25. The largest absolute Gasteiger partial charge is 0.325 e. The first-order valence-electron chi connectivity index (χ1n) is 12.4. The van der Waals surface area contributed by atoms with Crippen LogP contribution in [0.4, 0.5) is 5.69 Å². The Kier molecular flexibility index (Phi) is 5.54. The van der Waals surface area contributed by atoms with Gasteiger partial charge in [0.1, 0.15) is 6.04 Å². The van der Waals surface area contributed by atoms with Crippen molar-refractivity contribution < 1.29 is 14.4 Å². The van der Waals surface area contributed by atoms with Gasteiger partial charge in [0.2, 0.25) is 11.8 Å². The molecule has 4 saturated carbocycles. The number of hydrogen-bond donors (Lipinski definition) is 0. The second kappa shape index (κ2) is 8.47. The summed E-state index contributed by atoms with van der Waals surface area (Å²) < 4.78 is 1.04. The fraction of sp³-hybridized carbons (Fsp3) is 0.464. The van der Waals surface area contributed by atoms with Crippen molar-refractivity contribution in [1.82, 2.24) is 4.90 Å². The highest BCUT2D eigenvalue weighted by Gasteiger charge is 2.57. The molecule has 1 saturated heterocycles. The van der Waals surface area contributed by atoms with Crippen LogP contribution in [-0.2, 0) is 20.9 Å². The summed E-state index contributed by atoms with van der Waals surface area (Å²) >= 11 is 2.21. The molecule has 34 heavy (non-hydrogen) atoms. The van der Waals surface area contributed by atoms with Gasteiger partial charge in [0.05, 0.1) is 17.5 Å². The first-order valence-corrected chi connectivity index (χ1v) is 13.5. The van der Waals surface area contributed by atoms with Crippen LogP contribution < -0.4 is 4.90 Å².